The van der Waals surface area contributed by atoms with E-state index in [0.29, 0.717) is 73.8 Å². The predicted molar refractivity (Wildman–Crippen MR) is 308 cm³/mol. The number of quaternary nitrogens is 2. The molecule has 16 nitrogen and oxygen atoms in total. The summed E-state index contributed by atoms with van der Waals surface area (Å²) in [7, 11) is 7.54. The number of carbonyl (C=O) groups is 6. The number of aliphatic hydroxyl groups is 2. The Balaban J connectivity index is 3.90. The maximum atomic E-state index is 12.8. The summed E-state index contributed by atoms with van der Waals surface area (Å²) in [5.74, 6) is -1.64. The van der Waals surface area contributed by atoms with Crippen LogP contribution in [0.4, 0.5) is 0 Å². The lowest BCUT2D eigenvalue weighted by molar-refractivity contribution is -0.883. The number of allylic oxidation sites excluding steroid dienone is 2. The van der Waals surface area contributed by atoms with Gasteiger partial charge in [0.05, 0.1) is 53.6 Å². The molecule has 0 saturated carbocycles. The van der Waals surface area contributed by atoms with Crippen LogP contribution in [0.25, 0.3) is 0 Å². The second kappa shape index (κ2) is 49.0. The van der Waals surface area contributed by atoms with Crippen molar-refractivity contribution >= 4 is 35.8 Å². The normalized spacial score (nSPS) is 13.5. The van der Waals surface area contributed by atoms with Gasteiger partial charge in [0.2, 0.25) is 0 Å². The van der Waals surface area contributed by atoms with Crippen molar-refractivity contribution in [1.82, 2.24) is 0 Å². The highest BCUT2D eigenvalue weighted by Gasteiger charge is 2.29. The van der Waals surface area contributed by atoms with E-state index in [-0.39, 0.29) is 62.1 Å². The van der Waals surface area contributed by atoms with Gasteiger partial charge in [-0.2, -0.15) is 0 Å². The Hall–Kier alpha value is -3.86. The molecule has 0 aromatic heterocycles. The number of hydrogen-bond donors (Lipinski definition) is 2. The van der Waals surface area contributed by atoms with Gasteiger partial charge in [-0.25, -0.2) is 9.59 Å². The number of esters is 6. The summed E-state index contributed by atoms with van der Waals surface area (Å²) in [5, 5.41) is 21.8. The number of ether oxygens (including phenoxy) is 6. The summed E-state index contributed by atoms with van der Waals surface area (Å²) in [6, 6.07) is 0. The van der Waals surface area contributed by atoms with Gasteiger partial charge in [0, 0.05) is 26.7 Å². The third-order valence-corrected chi connectivity index (χ3v) is 13.9. The quantitative estimate of drug-likeness (QED) is 0.0192. The summed E-state index contributed by atoms with van der Waals surface area (Å²) in [5.41, 5.74) is 0. The first kappa shape index (κ1) is 74.1. The lowest BCUT2D eigenvalue weighted by Crippen LogP contribution is -2.47. The van der Waals surface area contributed by atoms with E-state index in [1.165, 1.54) is 13.8 Å². The zero-order valence-electron chi connectivity index (χ0n) is 50.6. The molecule has 0 aliphatic rings. The maximum Gasteiger partial charge on any atom is 0.362 e. The fourth-order valence-corrected chi connectivity index (χ4v) is 8.91. The fourth-order valence-electron chi connectivity index (χ4n) is 8.91. The molecule has 2 N–H and O–H groups in total. The molecular formula is C62H114N2O14+2. The lowest BCUT2D eigenvalue weighted by Gasteiger charge is -2.30. The van der Waals surface area contributed by atoms with E-state index in [0.717, 1.165) is 167 Å². The molecule has 0 aliphatic carbocycles. The van der Waals surface area contributed by atoms with E-state index in [2.05, 4.69) is 26.0 Å². The molecule has 0 bridgehead atoms. The van der Waals surface area contributed by atoms with Crippen LogP contribution in [0.5, 0.6) is 0 Å². The minimum Gasteiger partial charge on any atom is -0.466 e. The van der Waals surface area contributed by atoms with Crippen LogP contribution >= 0.6 is 0 Å². The SMILES string of the molecule is CCCCCC(OC(=O)C[N+](C)(C)CCOC(C)=O)C(O)C/C=C/CCCCCCCC(=O)OCCCCCCCCCCOC(=O)CCCCCCC/C=C/CC(O)C(CCCCC)OC(=O)C[N+](C)(C)CCOC(C)=O. The molecule has 0 fully saturated rings. The van der Waals surface area contributed by atoms with Crippen molar-refractivity contribution in [3.63, 3.8) is 0 Å². The van der Waals surface area contributed by atoms with Crippen LogP contribution in [0.2, 0.25) is 0 Å². The highest BCUT2D eigenvalue weighted by atomic mass is 16.6. The third kappa shape index (κ3) is 48.1. The average Bonchev–Trinajstić information content (AvgIpc) is 3.36. The number of carbonyl (C=O) groups excluding carboxylic acids is 6. The van der Waals surface area contributed by atoms with Crippen molar-refractivity contribution in [2.24, 2.45) is 0 Å². The van der Waals surface area contributed by atoms with Crippen molar-refractivity contribution in [2.45, 2.75) is 258 Å². The smallest absolute Gasteiger partial charge is 0.362 e. The largest absolute Gasteiger partial charge is 0.466 e. The van der Waals surface area contributed by atoms with Gasteiger partial charge in [0.25, 0.3) is 0 Å². The molecule has 0 amide bonds. The second-order valence-electron chi connectivity index (χ2n) is 22.8. The summed E-state index contributed by atoms with van der Waals surface area (Å²) in [4.78, 5) is 72.2. The van der Waals surface area contributed by atoms with Crippen LogP contribution in [0, 0.1) is 0 Å². The van der Waals surface area contributed by atoms with Crippen LogP contribution in [-0.2, 0) is 57.2 Å². The first-order valence-corrected chi connectivity index (χ1v) is 30.6. The Kier molecular flexibility index (Phi) is 46.6. The predicted octanol–water partition coefficient (Wildman–Crippen LogP) is 11.5. The summed E-state index contributed by atoms with van der Waals surface area (Å²) < 4.78 is 33.2. The van der Waals surface area contributed by atoms with E-state index in [4.69, 9.17) is 28.4 Å². The molecule has 16 heteroatoms. The number of aliphatic hydroxyl groups excluding tert-OH is 2. The van der Waals surface area contributed by atoms with E-state index in [9.17, 15) is 39.0 Å². The first-order valence-electron chi connectivity index (χ1n) is 30.6. The molecular weight excluding hydrogens is 997 g/mol. The number of hydrogen-bond acceptors (Lipinski definition) is 14. The molecule has 0 aromatic carbocycles. The van der Waals surface area contributed by atoms with Crippen LogP contribution in [0.15, 0.2) is 24.3 Å². The Morgan fingerprint density at radius 1 is 0.397 bits per heavy atom. The van der Waals surface area contributed by atoms with Crippen LogP contribution in [0.3, 0.4) is 0 Å². The van der Waals surface area contributed by atoms with E-state index in [1.54, 1.807) is 0 Å². The monoisotopic (exact) mass is 1110 g/mol. The van der Waals surface area contributed by atoms with Gasteiger partial charge < -0.3 is 47.6 Å². The van der Waals surface area contributed by atoms with E-state index >= 15 is 0 Å². The topological polar surface area (TPSA) is 198 Å². The first-order chi connectivity index (χ1) is 37.3. The average molecular weight is 1110 g/mol. The van der Waals surface area contributed by atoms with Gasteiger partial charge in [-0.1, -0.05) is 141 Å². The molecule has 4 unspecified atom stereocenters. The Morgan fingerprint density at radius 2 is 0.731 bits per heavy atom. The van der Waals surface area contributed by atoms with Gasteiger partial charge in [-0.05, 0) is 89.9 Å². The summed E-state index contributed by atoms with van der Waals surface area (Å²) in [6.07, 6.45) is 34.7. The van der Waals surface area contributed by atoms with Crippen molar-refractivity contribution < 1.29 is 76.4 Å². The standard InChI is InChI=1S/C62H114N2O14/c1-9-11-31-41-57(77-61(71)51-63(5,6)45-49-73-53(3)65)55(67)39-33-25-19-13-15-21-27-35-43-59(69)75-47-37-29-23-17-18-24-30-38-48-76-60(70)44-36-28-22-16-14-20-26-34-40-56(68)58(42-32-12-10-2)78-62(72)52-64(7,8)46-50-74-54(4)66/h25-26,33-34,55-58,67-68H,9-24,27-32,35-52H2,1-8H3/q+2/b33-25+,34-26+. The summed E-state index contributed by atoms with van der Waals surface area (Å²) in [6.45, 7) is 9.62. The fraction of sp³-hybridized carbons (Fsp3) is 0.839. The minimum atomic E-state index is -0.766. The number of nitrogens with zero attached hydrogens (tertiary/aromatic N) is 2. The van der Waals surface area contributed by atoms with Crippen molar-refractivity contribution in [3.8, 4) is 0 Å². The molecule has 0 saturated heterocycles. The number of likely N-dealkylation sites (N-methyl/N-ethyl adjacent to an activating group) is 2. The van der Waals surface area contributed by atoms with Crippen LogP contribution in [-0.4, -0.2) is 160 Å². The van der Waals surface area contributed by atoms with Crippen molar-refractivity contribution in [2.75, 3.05) is 80.8 Å². The zero-order valence-corrected chi connectivity index (χ0v) is 50.6. The molecule has 0 heterocycles. The molecule has 0 radical (unpaired) electrons. The van der Waals surface area contributed by atoms with Gasteiger partial charge in [-0.15, -0.1) is 0 Å². The van der Waals surface area contributed by atoms with Crippen molar-refractivity contribution in [3.05, 3.63) is 24.3 Å². The molecule has 4 atom stereocenters. The van der Waals surface area contributed by atoms with Gasteiger partial charge in [0.15, 0.2) is 13.1 Å². The lowest BCUT2D eigenvalue weighted by atomic mass is 10.0. The van der Waals surface area contributed by atoms with E-state index in [1.807, 2.05) is 40.3 Å². The van der Waals surface area contributed by atoms with Gasteiger partial charge in [0.1, 0.15) is 38.5 Å². The Labute approximate surface area is 473 Å². The van der Waals surface area contributed by atoms with Crippen LogP contribution in [0.1, 0.15) is 233 Å². The minimum absolute atomic E-state index is 0.108. The maximum absolute atomic E-state index is 12.8. The summed E-state index contributed by atoms with van der Waals surface area (Å²) >= 11 is 0. The second-order valence-corrected chi connectivity index (χ2v) is 22.8. The number of rotatable bonds is 53. The third-order valence-electron chi connectivity index (χ3n) is 13.9. The molecule has 78 heavy (non-hydrogen) atoms. The van der Waals surface area contributed by atoms with Gasteiger partial charge in [-0.3, -0.25) is 19.2 Å². The highest BCUT2D eigenvalue weighted by Crippen LogP contribution is 2.19. The molecule has 0 aliphatic heterocycles. The van der Waals surface area contributed by atoms with Gasteiger partial charge >= 0.3 is 35.8 Å². The zero-order chi connectivity index (χ0) is 58.1. The molecule has 0 aromatic rings. The molecule has 0 rings (SSSR count). The van der Waals surface area contributed by atoms with E-state index < -0.39 is 24.4 Å². The van der Waals surface area contributed by atoms with Crippen LogP contribution < -0.4 is 0 Å². The Bertz CT molecular complexity index is 1500. The Morgan fingerprint density at radius 3 is 1.08 bits per heavy atom. The highest BCUT2D eigenvalue weighted by molar-refractivity contribution is 5.71. The number of unbranched alkanes of at least 4 members (excludes halogenated alkanes) is 21. The molecule has 454 valence electrons. The molecule has 0 spiro atoms. The van der Waals surface area contributed by atoms with Crippen molar-refractivity contribution in [1.29, 1.82) is 0 Å².